The van der Waals surface area contributed by atoms with Crippen molar-refractivity contribution in [3.05, 3.63) is 64.9 Å². The van der Waals surface area contributed by atoms with E-state index in [1.165, 1.54) is 36.4 Å². The molecule has 1 aliphatic rings. The van der Waals surface area contributed by atoms with Gasteiger partial charge in [-0.25, -0.2) is 12.8 Å². The maximum Gasteiger partial charge on any atom is 0.183 e. The molecule has 0 saturated heterocycles. The van der Waals surface area contributed by atoms with E-state index in [0.717, 1.165) is 0 Å². The average Bonchev–Trinajstić information content (AvgIpc) is 3.20. The standard InChI is InChI=1S/C18H19ClFNO3S/c1-2-24-11-18(21)16(12-4-3-5-14(20)10-12)17(18)25(22,23)15-8-6-13(19)7-9-15/h3-10,16-17H,2,11,21H2,1H3/t16-,17+,18-/m0/s1. The number of hydrogen-bond acceptors (Lipinski definition) is 4. The smallest absolute Gasteiger partial charge is 0.183 e. The van der Waals surface area contributed by atoms with Crippen molar-refractivity contribution in [3.63, 3.8) is 0 Å². The van der Waals surface area contributed by atoms with Gasteiger partial charge in [0.05, 0.1) is 22.3 Å². The molecule has 3 atom stereocenters. The third kappa shape index (κ3) is 3.31. The van der Waals surface area contributed by atoms with E-state index in [2.05, 4.69) is 0 Å². The van der Waals surface area contributed by atoms with Crippen LogP contribution < -0.4 is 5.73 Å². The van der Waals surface area contributed by atoms with E-state index in [1.807, 2.05) is 6.92 Å². The minimum Gasteiger partial charge on any atom is -0.380 e. The quantitative estimate of drug-likeness (QED) is 0.831. The summed E-state index contributed by atoms with van der Waals surface area (Å²) in [5, 5.41) is -0.431. The van der Waals surface area contributed by atoms with Crippen molar-refractivity contribution in [1.29, 1.82) is 0 Å². The summed E-state index contributed by atoms with van der Waals surface area (Å²) >= 11 is 5.84. The second kappa shape index (κ2) is 6.68. The van der Waals surface area contributed by atoms with E-state index in [0.29, 0.717) is 17.2 Å². The summed E-state index contributed by atoms with van der Waals surface area (Å²) in [6.07, 6.45) is 0. The number of benzene rings is 2. The summed E-state index contributed by atoms with van der Waals surface area (Å²) in [6.45, 7) is 2.32. The maximum atomic E-state index is 13.6. The van der Waals surface area contributed by atoms with Gasteiger partial charge in [0.1, 0.15) is 5.82 Å². The zero-order valence-corrected chi connectivity index (χ0v) is 15.2. The van der Waals surface area contributed by atoms with Gasteiger partial charge in [-0.1, -0.05) is 23.7 Å². The summed E-state index contributed by atoms with van der Waals surface area (Å²) < 4.78 is 45.2. The molecule has 0 heterocycles. The third-order valence-corrected chi connectivity index (χ3v) is 7.10. The first-order valence-electron chi connectivity index (χ1n) is 7.92. The molecule has 3 rings (SSSR count). The topological polar surface area (TPSA) is 69.4 Å². The van der Waals surface area contributed by atoms with Gasteiger partial charge in [0, 0.05) is 17.5 Å². The van der Waals surface area contributed by atoms with E-state index in [9.17, 15) is 12.8 Å². The molecule has 0 unspecified atom stereocenters. The molecular formula is C18H19ClFNO3S. The highest BCUT2D eigenvalue weighted by atomic mass is 35.5. The molecular weight excluding hydrogens is 365 g/mol. The van der Waals surface area contributed by atoms with Crippen molar-refractivity contribution in [2.45, 2.75) is 28.5 Å². The molecule has 2 aromatic carbocycles. The Hall–Kier alpha value is -1.47. The van der Waals surface area contributed by atoms with Crippen molar-refractivity contribution >= 4 is 21.4 Å². The van der Waals surface area contributed by atoms with Crippen LogP contribution in [0.4, 0.5) is 4.39 Å². The summed E-state index contributed by atoms with van der Waals surface area (Å²) in [5.41, 5.74) is 5.87. The van der Waals surface area contributed by atoms with Crippen LogP contribution >= 0.6 is 11.6 Å². The number of rotatable bonds is 6. The number of ether oxygens (including phenoxy) is 1. The van der Waals surface area contributed by atoms with E-state index in [-0.39, 0.29) is 11.5 Å². The second-order valence-electron chi connectivity index (χ2n) is 6.20. The van der Waals surface area contributed by atoms with E-state index < -0.39 is 32.4 Å². The van der Waals surface area contributed by atoms with Crippen LogP contribution in [0.15, 0.2) is 53.4 Å². The molecule has 2 aromatic rings. The summed E-state index contributed by atoms with van der Waals surface area (Å²) in [5.74, 6) is -0.957. The predicted molar refractivity (Wildman–Crippen MR) is 95.0 cm³/mol. The molecule has 7 heteroatoms. The van der Waals surface area contributed by atoms with Crippen molar-refractivity contribution in [3.8, 4) is 0 Å². The SMILES string of the molecule is CCOC[C@@]1(N)[C@H](S(=O)(=O)c2ccc(Cl)cc2)[C@@H]1c1cccc(F)c1. The van der Waals surface area contributed by atoms with Gasteiger partial charge in [-0.3, -0.25) is 0 Å². The van der Waals surface area contributed by atoms with Crippen LogP contribution in [0.2, 0.25) is 5.02 Å². The highest BCUT2D eigenvalue weighted by Crippen LogP contribution is 2.55. The van der Waals surface area contributed by atoms with Crippen LogP contribution in [0.1, 0.15) is 18.4 Å². The second-order valence-corrected chi connectivity index (χ2v) is 8.71. The lowest BCUT2D eigenvalue weighted by Gasteiger charge is -2.12. The molecule has 0 aromatic heterocycles. The van der Waals surface area contributed by atoms with Gasteiger partial charge in [-0.2, -0.15) is 0 Å². The zero-order chi connectivity index (χ0) is 18.2. The van der Waals surface area contributed by atoms with Gasteiger partial charge in [0.25, 0.3) is 0 Å². The molecule has 0 spiro atoms. The Balaban J connectivity index is 2.01. The Kier molecular flexibility index (Phi) is 4.90. The average molecular weight is 384 g/mol. The summed E-state index contributed by atoms with van der Waals surface area (Å²) in [4.78, 5) is 0.145. The molecule has 1 saturated carbocycles. The lowest BCUT2D eigenvalue weighted by atomic mass is 10.1. The lowest BCUT2D eigenvalue weighted by Crippen LogP contribution is -2.36. The maximum absolute atomic E-state index is 13.6. The molecule has 4 nitrogen and oxygen atoms in total. The van der Waals surface area contributed by atoms with E-state index in [4.69, 9.17) is 22.1 Å². The van der Waals surface area contributed by atoms with Crippen molar-refractivity contribution in [1.82, 2.24) is 0 Å². The molecule has 1 fully saturated rings. The number of nitrogens with two attached hydrogens (primary N) is 1. The predicted octanol–water partition coefficient (Wildman–Crippen LogP) is 3.15. The van der Waals surface area contributed by atoms with Crippen LogP contribution in [-0.4, -0.2) is 32.4 Å². The first kappa shape index (κ1) is 18.3. The van der Waals surface area contributed by atoms with E-state index in [1.54, 1.807) is 12.1 Å². The number of hydrogen-bond donors (Lipinski definition) is 1. The number of halogens is 2. The van der Waals surface area contributed by atoms with Gasteiger partial charge in [0.15, 0.2) is 9.84 Å². The lowest BCUT2D eigenvalue weighted by molar-refractivity contribution is 0.125. The molecule has 0 amide bonds. The van der Waals surface area contributed by atoms with Crippen LogP contribution in [0.5, 0.6) is 0 Å². The highest BCUT2D eigenvalue weighted by molar-refractivity contribution is 7.92. The Bertz CT molecular complexity index is 872. The van der Waals surface area contributed by atoms with Crippen molar-refractivity contribution < 1.29 is 17.5 Å². The Labute approximate surface area is 151 Å². The van der Waals surface area contributed by atoms with Crippen molar-refractivity contribution in [2.24, 2.45) is 5.73 Å². The molecule has 1 aliphatic carbocycles. The van der Waals surface area contributed by atoms with Gasteiger partial charge in [0.2, 0.25) is 0 Å². The molecule has 0 bridgehead atoms. The highest BCUT2D eigenvalue weighted by Gasteiger charge is 2.69. The Morgan fingerprint density at radius 1 is 1.24 bits per heavy atom. The van der Waals surface area contributed by atoms with Crippen LogP contribution in [0.25, 0.3) is 0 Å². The van der Waals surface area contributed by atoms with Gasteiger partial charge >= 0.3 is 0 Å². The summed E-state index contributed by atoms with van der Waals surface area (Å²) in [6, 6.07) is 11.8. The molecule has 0 aliphatic heterocycles. The Morgan fingerprint density at radius 2 is 1.92 bits per heavy atom. The van der Waals surface area contributed by atoms with Gasteiger partial charge in [-0.15, -0.1) is 0 Å². The largest absolute Gasteiger partial charge is 0.380 e. The molecule has 0 radical (unpaired) electrons. The number of sulfone groups is 1. The summed E-state index contributed by atoms with van der Waals surface area (Å²) in [7, 11) is -3.72. The minimum atomic E-state index is -3.72. The van der Waals surface area contributed by atoms with Gasteiger partial charge in [-0.05, 0) is 48.9 Å². The molecule has 25 heavy (non-hydrogen) atoms. The van der Waals surface area contributed by atoms with Crippen LogP contribution in [-0.2, 0) is 14.6 Å². The van der Waals surface area contributed by atoms with Crippen LogP contribution in [0.3, 0.4) is 0 Å². The minimum absolute atomic E-state index is 0.0855. The first-order chi connectivity index (χ1) is 11.8. The molecule has 134 valence electrons. The fraction of sp³-hybridized carbons (Fsp3) is 0.333. The fourth-order valence-corrected chi connectivity index (χ4v) is 5.71. The third-order valence-electron chi connectivity index (χ3n) is 4.54. The van der Waals surface area contributed by atoms with Crippen molar-refractivity contribution in [2.75, 3.05) is 13.2 Å². The zero-order valence-electron chi connectivity index (χ0n) is 13.7. The van der Waals surface area contributed by atoms with E-state index >= 15 is 0 Å². The fourth-order valence-electron chi connectivity index (χ4n) is 3.30. The first-order valence-corrected chi connectivity index (χ1v) is 9.84. The normalized spacial score (nSPS) is 25.8. The Morgan fingerprint density at radius 3 is 2.52 bits per heavy atom. The molecule has 2 N–H and O–H groups in total. The van der Waals surface area contributed by atoms with Gasteiger partial charge < -0.3 is 10.5 Å². The van der Waals surface area contributed by atoms with Crippen LogP contribution in [0, 0.1) is 5.82 Å². The monoisotopic (exact) mass is 383 g/mol.